The predicted octanol–water partition coefficient (Wildman–Crippen LogP) is 2.43. The van der Waals surface area contributed by atoms with Gasteiger partial charge in [0.25, 0.3) is 0 Å². The number of nitrogens with zero attached hydrogens (tertiary/aromatic N) is 2. The molecule has 0 amide bonds. The number of aromatic nitrogens is 1. The van der Waals surface area contributed by atoms with E-state index in [1.807, 2.05) is 13.2 Å². The quantitative estimate of drug-likeness (QED) is 0.869. The molecule has 1 aromatic rings. The molecule has 0 saturated carbocycles. The van der Waals surface area contributed by atoms with Crippen molar-refractivity contribution in [1.29, 1.82) is 0 Å². The minimum absolute atomic E-state index is 0.416. The van der Waals surface area contributed by atoms with Gasteiger partial charge in [-0.15, -0.1) is 0 Å². The van der Waals surface area contributed by atoms with Crippen molar-refractivity contribution in [3.8, 4) is 0 Å². The molecule has 1 N–H and O–H groups in total. The molecule has 0 aliphatic carbocycles. The number of hydrogen-bond donors (Lipinski definition) is 1. The molecule has 17 heavy (non-hydrogen) atoms. The predicted molar refractivity (Wildman–Crippen MR) is 72.2 cm³/mol. The van der Waals surface area contributed by atoms with Crippen LogP contribution in [0.1, 0.15) is 32.3 Å². The van der Waals surface area contributed by atoms with Gasteiger partial charge in [-0.2, -0.15) is 0 Å². The summed E-state index contributed by atoms with van der Waals surface area (Å²) in [5, 5.41) is 3.18. The highest BCUT2D eigenvalue weighted by Gasteiger charge is 2.26. The van der Waals surface area contributed by atoms with Crippen molar-refractivity contribution in [1.82, 2.24) is 10.3 Å². The number of pyridine rings is 1. The maximum Gasteiger partial charge on any atom is 0.128 e. The lowest BCUT2D eigenvalue weighted by molar-refractivity contribution is 0.292. The van der Waals surface area contributed by atoms with Gasteiger partial charge in [-0.1, -0.05) is 13.8 Å². The molecule has 2 rings (SSSR count). The highest BCUT2D eigenvalue weighted by Crippen LogP contribution is 2.30. The summed E-state index contributed by atoms with van der Waals surface area (Å²) in [6.45, 7) is 7.85. The molecule has 2 heterocycles. The average Bonchev–Trinajstić information content (AvgIpc) is 2.28. The topological polar surface area (TPSA) is 28.2 Å². The van der Waals surface area contributed by atoms with Gasteiger partial charge in [-0.3, -0.25) is 0 Å². The number of anilines is 1. The van der Waals surface area contributed by atoms with Crippen LogP contribution in [0, 0.1) is 5.41 Å². The van der Waals surface area contributed by atoms with Crippen LogP contribution in [0.15, 0.2) is 18.3 Å². The fourth-order valence-electron chi connectivity index (χ4n) is 2.57. The number of rotatable bonds is 3. The van der Waals surface area contributed by atoms with E-state index in [-0.39, 0.29) is 0 Å². The second-order valence-corrected chi connectivity index (χ2v) is 5.74. The summed E-state index contributed by atoms with van der Waals surface area (Å²) in [7, 11) is 1.98. The molecular formula is C14H23N3. The Bertz CT molecular complexity index is 373. The smallest absolute Gasteiger partial charge is 0.128 e. The van der Waals surface area contributed by atoms with E-state index in [0.29, 0.717) is 5.41 Å². The van der Waals surface area contributed by atoms with Gasteiger partial charge in [-0.25, -0.2) is 4.98 Å². The summed E-state index contributed by atoms with van der Waals surface area (Å²) in [4.78, 5) is 6.93. The van der Waals surface area contributed by atoms with Crippen LogP contribution in [0.3, 0.4) is 0 Å². The van der Waals surface area contributed by atoms with Crippen molar-refractivity contribution >= 4 is 5.82 Å². The van der Waals surface area contributed by atoms with Crippen LogP contribution in [0.2, 0.25) is 0 Å². The van der Waals surface area contributed by atoms with Crippen molar-refractivity contribution in [3.05, 3.63) is 23.9 Å². The van der Waals surface area contributed by atoms with Gasteiger partial charge in [0.15, 0.2) is 0 Å². The van der Waals surface area contributed by atoms with Gasteiger partial charge < -0.3 is 10.2 Å². The SMILES string of the molecule is CNCc1ccnc(N2CCCC(C)(C)C2)c1. The minimum Gasteiger partial charge on any atom is -0.356 e. The average molecular weight is 233 g/mol. The van der Waals surface area contributed by atoms with E-state index in [9.17, 15) is 0 Å². The summed E-state index contributed by atoms with van der Waals surface area (Å²) in [6, 6.07) is 4.28. The Morgan fingerprint density at radius 3 is 3.00 bits per heavy atom. The van der Waals surface area contributed by atoms with Gasteiger partial charge in [0, 0.05) is 25.8 Å². The maximum absolute atomic E-state index is 4.51. The van der Waals surface area contributed by atoms with Crippen LogP contribution >= 0.6 is 0 Å². The van der Waals surface area contributed by atoms with E-state index in [1.165, 1.54) is 18.4 Å². The second kappa shape index (κ2) is 5.05. The third-order valence-corrected chi connectivity index (χ3v) is 3.42. The Morgan fingerprint density at radius 2 is 2.29 bits per heavy atom. The molecule has 0 atom stereocenters. The Morgan fingerprint density at radius 1 is 1.47 bits per heavy atom. The van der Waals surface area contributed by atoms with Gasteiger partial charge in [0.1, 0.15) is 5.82 Å². The normalized spacial score (nSPS) is 19.4. The largest absolute Gasteiger partial charge is 0.356 e. The first-order chi connectivity index (χ1) is 8.11. The molecule has 1 aromatic heterocycles. The van der Waals surface area contributed by atoms with E-state index in [2.05, 4.69) is 41.2 Å². The van der Waals surface area contributed by atoms with Crippen molar-refractivity contribution < 1.29 is 0 Å². The molecule has 0 radical (unpaired) electrons. The molecule has 3 nitrogen and oxygen atoms in total. The van der Waals surface area contributed by atoms with E-state index in [1.54, 1.807) is 0 Å². The highest BCUT2D eigenvalue weighted by molar-refractivity contribution is 5.41. The Kier molecular flexibility index (Phi) is 3.67. The summed E-state index contributed by atoms with van der Waals surface area (Å²) in [6.07, 6.45) is 4.51. The van der Waals surface area contributed by atoms with Crippen LogP contribution in [-0.4, -0.2) is 25.1 Å². The molecule has 0 bridgehead atoms. The van der Waals surface area contributed by atoms with Crippen LogP contribution in [0.5, 0.6) is 0 Å². The Labute approximate surface area is 104 Å². The lowest BCUT2D eigenvalue weighted by Crippen LogP contribution is -2.40. The molecule has 0 aromatic carbocycles. The maximum atomic E-state index is 4.51. The van der Waals surface area contributed by atoms with Crippen LogP contribution in [-0.2, 0) is 6.54 Å². The molecule has 1 aliphatic heterocycles. The monoisotopic (exact) mass is 233 g/mol. The van der Waals surface area contributed by atoms with Crippen molar-refractivity contribution in [2.45, 2.75) is 33.2 Å². The van der Waals surface area contributed by atoms with Gasteiger partial charge >= 0.3 is 0 Å². The summed E-state index contributed by atoms with van der Waals surface area (Å²) >= 11 is 0. The fraction of sp³-hybridized carbons (Fsp3) is 0.643. The third-order valence-electron chi connectivity index (χ3n) is 3.42. The van der Waals surface area contributed by atoms with E-state index in [4.69, 9.17) is 0 Å². The lowest BCUT2D eigenvalue weighted by atomic mass is 9.84. The fourth-order valence-corrected chi connectivity index (χ4v) is 2.57. The van der Waals surface area contributed by atoms with E-state index >= 15 is 0 Å². The van der Waals surface area contributed by atoms with Gasteiger partial charge in [0.2, 0.25) is 0 Å². The molecule has 0 spiro atoms. The first kappa shape index (κ1) is 12.4. The molecule has 1 aliphatic rings. The molecule has 1 fully saturated rings. The second-order valence-electron chi connectivity index (χ2n) is 5.74. The van der Waals surface area contributed by atoms with Gasteiger partial charge in [0.05, 0.1) is 0 Å². The lowest BCUT2D eigenvalue weighted by Gasteiger charge is -2.38. The Hall–Kier alpha value is -1.09. The number of piperidine rings is 1. The highest BCUT2D eigenvalue weighted by atomic mass is 15.2. The summed E-state index contributed by atoms with van der Waals surface area (Å²) in [5.74, 6) is 1.13. The van der Waals surface area contributed by atoms with Gasteiger partial charge in [-0.05, 0) is 43.0 Å². The molecule has 94 valence electrons. The zero-order valence-electron chi connectivity index (χ0n) is 11.2. The first-order valence-corrected chi connectivity index (χ1v) is 6.45. The van der Waals surface area contributed by atoms with Crippen LogP contribution < -0.4 is 10.2 Å². The zero-order valence-corrected chi connectivity index (χ0v) is 11.2. The van der Waals surface area contributed by atoms with Crippen molar-refractivity contribution in [2.24, 2.45) is 5.41 Å². The van der Waals surface area contributed by atoms with Crippen molar-refractivity contribution in [2.75, 3.05) is 25.0 Å². The standard InChI is InChI=1S/C14H23N3/c1-14(2)6-4-8-17(11-14)13-9-12(10-15-3)5-7-16-13/h5,7,9,15H,4,6,8,10-11H2,1-3H3. The molecule has 0 unspecified atom stereocenters. The first-order valence-electron chi connectivity index (χ1n) is 6.45. The van der Waals surface area contributed by atoms with E-state index in [0.717, 1.165) is 25.5 Å². The summed E-state index contributed by atoms with van der Waals surface area (Å²) in [5.41, 5.74) is 1.72. The van der Waals surface area contributed by atoms with E-state index < -0.39 is 0 Å². The van der Waals surface area contributed by atoms with Crippen LogP contribution in [0.4, 0.5) is 5.82 Å². The molecule has 1 saturated heterocycles. The minimum atomic E-state index is 0.416. The zero-order chi connectivity index (χ0) is 12.3. The van der Waals surface area contributed by atoms with Crippen molar-refractivity contribution in [3.63, 3.8) is 0 Å². The Balaban J connectivity index is 2.13. The third kappa shape index (κ3) is 3.19. The number of nitrogens with one attached hydrogen (secondary N) is 1. The number of hydrogen-bond acceptors (Lipinski definition) is 3. The molecular weight excluding hydrogens is 210 g/mol. The molecule has 3 heteroatoms. The van der Waals surface area contributed by atoms with Crippen LogP contribution in [0.25, 0.3) is 0 Å². The summed E-state index contributed by atoms with van der Waals surface area (Å²) < 4.78 is 0.